The van der Waals surface area contributed by atoms with Gasteiger partial charge in [-0.15, -0.1) is 0 Å². The van der Waals surface area contributed by atoms with E-state index in [4.69, 9.17) is 23.7 Å². The van der Waals surface area contributed by atoms with Crippen LogP contribution in [-0.2, 0) is 42.9 Å². The van der Waals surface area contributed by atoms with Gasteiger partial charge in [0.05, 0.1) is 6.61 Å². The summed E-state index contributed by atoms with van der Waals surface area (Å²) in [6.07, 6.45) is 39.8. The van der Waals surface area contributed by atoms with Crippen LogP contribution < -0.4 is 0 Å². The number of carboxylic acid groups (broad SMARTS) is 1. The highest BCUT2D eigenvalue weighted by atomic mass is 16.7. The predicted octanol–water partition coefficient (Wildman–Crippen LogP) is 13.7. The van der Waals surface area contributed by atoms with Crippen molar-refractivity contribution in [1.82, 2.24) is 0 Å². The van der Waals surface area contributed by atoms with E-state index in [-0.39, 0.29) is 25.9 Å². The van der Waals surface area contributed by atoms with Crippen LogP contribution in [0.4, 0.5) is 0 Å². The summed E-state index contributed by atoms with van der Waals surface area (Å²) in [5.74, 6) is -3.14. The van der Waals surface area contributed by atoms with Crippen LogP contribution in [-0.4, -0.2) is 89.2 Å². The van der Waals surface area contributed by atoms with Gasteiger partial charge in [0.15, 0.2) is 24.6 Å². The lowest BCUT2D eigenvalue weighted by Crippen LogP contribution is -2.61. The molecular formula is C57H100O12. The molecule has 0 amide bonds. The van der Waals surface area contributed by atoms with Gasteiger partial charge >= 0.3 is 23.9 Å². The molecule has 400 valence electrons. The number of allylic oxidation sites excluding steroid dienone is 6. The van der Waals surface area contributed by atoms with Gasteiger partial charge in [0.1, 0.15) is 18.8 Å². The fraction of sp³-hybridized carbons (Fsp3) is 0.825. The van der Waals surface area contributed by atoms with Crippen molar-refractivity contribution in [2.75, 3.05) is 13.2 Å². The first-order valence-corrected chi connectivity index (χ1v) is 28.0. The van der Waals surface area contributed by atoms with Gasteiger partial charge in [-0.3, -0.25) is 14.4 Å². The first-order chi connectivity index (χ1) is 33.6. The number of hydrogen-bond acceptors (Lipinski definition) is 11. The van der Waals surface area contributed by atoms with E-state index in [0.717, 1.165) is 116 Å². The van der Waals surface area contributed by atoms with Crippen LogP contribution in [0.3, 0.4) is 0 Å². The van der Waals surface area contributed by atoms with Crippen molar-refractivity contribution in [2.45, 2.75) is 289 Å². The second-order valence-corrected chi connectivity index (χ2v) is 19.2. The lowest BCUT2D eigenvalue weighted by Gasteiger charge is -2.40. The molecule has 12 heteroatoms. The molecule has 1 saturated heterocycles. The van der Waals surface area contributed by atoms with Crippen molar-refractivity contribution >= 4 is 23.9 Å². The number of carbonyl (C=O) groups excluding carboxylic acids is 3. The monoisotopic (exact) mass is 977 g/mol. The number of carboxylic acids is 1. The van der Waals surface area contributed by atoms with Crippen molar-refractivity contribution in [3.8, 4) is 0 Å². The molecule has 69 heavy (non-hydrogen) atoms. The fourth-order valence-corrected chi connectivity index (χ4v) is 8.28. The predicted molar refractivity (Wildman–Crippen MR) is 276 cm³/mol. The number of rotatable bonds is 47. The molecule has 6 unspecified atom stereocenters. The lowest BCUT2D eigenvalue weighted by atomic mass is 9.98. The van der Waals surface area contributed by atoms with E-state index in [9.17, 15) is 34.5 Å². The van der Waals surface area contributed by atoms with E-state index in [1.54, 1.807) is 0 Å². The van der Waals surface area contributed by atoms with Crippen LogP contribution in [0.15, 0.2) is 36.5 Å². The van der Waals surface area contributed by atoms with Crippen LogP contribution in [0.5, 0.6) is 0 Å². The highest BCUT2D eigenvalue weighted by Gasteiger charge is 2.50. The number of aliphatic hydroxyl groups is 2. The quantitative estimate of drug-likeness (QED) is 0.0228. The Morgan fingerprint density at radius 1 is 0.464 bits per heavy atom. The summed E-state index contributed by atoms with van der Waals surface area (Å²) < 4.78 is 28.3. The first kappa shape index (κ1) is 64.0. The zero-order chi connectivity index (χ0) is 50.4. The maximum atomic E-state index is 13.1. The average molecular weight is 977 g/mol. The fourth-order valence-electron chi connectivity index (χ4n) is 8.28. The Hall–Kier alpha value is -3.06. The second kappa shape index (κ2) is 46.0. The molecule has 3 N–H and O–H groups in total. The van der Waals surface area contributed by atoms with Gasteiger partial charge in [-0.2, -0.15) is 0 Å². The van der Waals surface area contributed by atoms with Crippen molar-refractivity contribution in [2.24, 2.45) is 0 Å². The molecule has 1 fully saturated rings. The summed E-state index contributed by atoms with van der Waals surface area (Å²) >= 11 is 0. The van der Waals surface area contributed by atoms with E-state index >= 15 is 0 Å². The molecule has 0 aromatic heterocycles. The molecule has 0 aromatic rings. The molecule has 0 spiro atoms. The molecule has 6 atom stereocenters. The maximum absolute atomic E-state index is 13.1. The molecule has 1 aliphatic heterocycles. The van der Waals surface area contributed by atoms with Gasteiger partial charge in [-0.1, -0.05) is 179 Å². The van der Waals surface area contributed by atoms with Gasteiger partial charge in [-0.25, -0.2) is 4.79 Å². The summed E-state index contributed by atoms with van der Waals surface area (Å²) in [6.45, 7) is 5.91. The number of ether oxygens (including phenoxy) is 5. The highest BCUT2D eigenvalue weighted by molar-refractivity contribution is 5.74. The highest BCUT2D eigenvalue weighted by Crippen LogP contribution is 2.26. The summed E-state index contributed by atoms with van der Waals surface area (Å²) in [6, 6.07) is 0. The van der Waals surface area contributed by atoms with Gasteiger partial charge in [0, 0.05) is 19.3 Å². The molecule has 0 aromatic carbocycles. The number of unbranched alkanes of at least 4 members (excludes halogenated alkanes) is 27. The van der Waals surface area contributed by atoms with Crippen molar-refractivity contribution in [1.29, 1.82) is 0 Å². The number of hydrogen-bond donors (Lipinski definition) is 3. The molecule has 0 bridgehead atoms. The Balaban J connectivity index is 2.71. The third-order valence-corrected chi connectivity index (χ3v) is 12.7. The van der Waals surface area contributed by atoms with Crippen molar-refractivity contribution in [3.63, 3.8) is 0 Å². The third kappa shape index (κ3) is 36.5. The van der Waals surface area contributed by atoms with E-state index in [2.05, 4.69) is 57.2 Å². The summed E-state index contributed by atoms with van der Waals surface area (Å²) in [4.78, 5) is 50.9. The summed E-state index contributed by atoms with van der Waals surface area (Å²) in [7, 11) is 0. The van der Waals surface area contributed by atoms with Gasteiger partial charge in [0.25, 0.3) is 0 Å². The van der Waals surface area contributed by atoms with Crippen LogP contribution in [0.2, 0.25) is 0 Å². The summed E-state index contributed by atoms with van der Waals surface area (Å²) in [5.41, 5.74) is 0. The van der Waals surface area contributed by atoms with E-state index in [1.165, 1.54) is 77.0 Å². The van der Waals surface area contributed by atoms with Crippen LogP contribution in [0, 0.1) is 0 Å². The van der Waals surface area contributed by atoms with E-state index in [0.29, 0.717) is 19.3 Å². The largest absolute Gasteiger partial charge is 0.479 e. The zero-order valence-corrected chi connectivity index (χ0v) is 43.8. The third-order valence-electron chi connectivity index (χ3n) is 12.7. The molecule has 0 aliphatic carbocycles. The number of carbonyl (C=O) groups is 4. The second-order valence-electron chi connectivity index (χ2n) is 19.2. The van der Waals surface area contributed by atoms with Crippen LogP contribution in [0.25, 0.3) is 0 Å². The van der Waals surface area contributed by atoms with Crippen molar-refractivity contribution in [3.05, 3.63) is 36.5 Å². The normalized spacial score (nSPS) is 18.9. The molecule has 1 rings (SSSR count). The average Bonchev–Trinajstić information content (AvgIpc) is 3.33. The Morgan fingerprint density at radius 2 is 0.841 bits per heavy atom. The lowest BCUT2D eigenvalue weighted by molar-refractivity contribution is -0.301. The first-order valence-electron chi connectivity index (χ1n) is 28.0. The Bertz CT molecular complexity index is 1350. The Kier molecular flexibility index (Phi) is 42.7. The van der Waals surface area contributed by atoms with Crippen LogP contribution in [0.1, 0.15) is 252 Å². The number of aliphatic hydroxyl groups excluding tert-OH is 2. The standard InChI is InChI=1S/C57H100O12/c1-4-7-10-13-16-19-22-24-25-27-30-33-36-39-42-45-51(60)68-55-53(62)52(61)54(56(63)64)69-57(55)66-47-48(67-50(59)44-41-38-35-32-28-21-18-15-12-9-6-3)46-65-49(58)43-40-37-34-31-29-26-23-20-17-14-11-8-5-2/h15,18,20,23-25,48,52-55,57,61-62H,4-14,16-17,19,21-22,26-47H2,1-3H3,(H,63,64)/b18-15-,23-20-,25-24-. The van der Waals surface area contributed by atoms with Crippen LogP contribution >= 0.6 is 0 Å². The molecule has 1 heterocycles. The number of aliphatic carboxylic acids is 1. The topological polar surface area (TPSA) is 175 Å². The minimum Gasteiger partial charge on any atom is -0.479 e. The van der Waals surface area contributed by atoms with E-state index in [1.807, 2.05) is 0 Å². The molecular weight excluding hydrogens is 877 g/mol. The molecule has 0 saturated carbocycles. The van der Waals surface area contributed by atoms with Crippen molar-refractivity contribution < 1.29 is 58.2 Å². The Morgan fingerprint density at radius 3 is 1.29 bits per heavy atom. The molecule has 12 nitrogen and oxygen atoms in total. The van der Waals surface area contributed by atoms with Gasteiger partial charge < -0.3 is 39.0 Å². The SMILES string of the molecule is CCCC/C=C\CCCCCCCC(=O)OC(COC(=O)CCCCCCC/C=C\CCCCCC)COC1OC(C(=O)O)C(O)C(O)C1OC(=O)CCCCCCC/C=C\CCCCCCCC. The molecule has 1 aliphatic rings. The smallest absolute Gasteiger partial charge is 0.335 e. The minimum atomic E-state index is -1.90. The molecule has 0 radical (unpaired) electrons. The maximum Gasteiger partial charge on any atom is 0.335 e. The van der Waals surface area contributed by atoms with E-state index < -0.39 is 67.3 Å². The summed E-state index contributed by atoms with van der Waals surface area (Å²) in [5, 5.41) is 31.4. The zero-order valence-electron chi connectivity index (χ0n) is 43.8. The Labute approximate surface area is 419 Å². The minimum absolute atomic E-state index is 0.0510. The number of esters is 3. The van der Waals surface area contributed by atoms with Gasteiger partial charge in [-0.05, 0) is 89.9 Å². The van der Waals surface area contributed by atoms with Gasteiger partial charge in [0.2, 0.25) is 0 Å².